The van der Waals surface area contributed by atoms with E-state index in [1.54, 1.807) is 0 Å². The molecule has 0 aromatic heterocycles. The van der Waals surface area contributed by atoms with E-state index in [0.29, 0.717) is 6.42 Å². The molecule has 0 spiro atoms. The lowest BCUT2D eigenvalue weighted by Gasteiger charge is -2.13. The zero-order valence-electron chi connectivity index (χ0n) is 21.5. The van der Waals surface area contributed by atoms with Crippen molar-refractivity contribution in [3.05, 3.63) is 24.8 Å². The number of allylic oxidation sites excluding steroid dienone is 2. The van der Waals surface area contributed by atoms with Crippen LogP contribution in [0.4, 0.5) is 0 Å². The van der Waals surface area contributed by atoms with Gasteiger partial charge in [0.25, 0.3) is 0 Å². The van der Waals surface area contributed by atoms with E-state index in [1.807, 2.05) is 0 Å². The summed E-state index contributed by atoms with van der Waals surface area (Å²) in [5.41, 5.74) is 0. The predicted octanol–water partition coefficient (Wildman–Crippen LogP) is 8.79. The molecule has 0 aliphatic heterocycles. The average Bonchev–Trinajstić information content (AvgIpc) is 2.80. The lowest BCUT2D eigenvalue weighted by Crippen LogP contribution is -2.21. The molecule has 0 fully saturated rings. The van der Waals surface area contributed by atoms with Gasteiger partial charge in [-0.15, -0.1) is 0 Å². The maximum Gasteiger partial charge on any atom is 0.309 e. The van der Waals surface area contributed by atoms with Crippen LogP contribution in [0.15, 0.2) is 24.8 Å². The van der Waals surface area contributed by atoms with Crippen molar-refractivity contribution in [2.45, 2.75) is 135 Å². The molecule has 0 saturated carbocycles. The molecule has 0 saturated heterocycles. The van der Waals surface area contributed by atoms with Gasteiger partial charge >= 0.3 is 11.9 Å². The molecule has 0 aromatic carbocycles. The second-order valence-electron chi connectivity index (χ2n) is 9.35. The number of carbonyl (C=O) groups is 2. The van der Waals surface area contributed by atoms with E-state index in [2.05, 4.69) is 25.7 Å². The molecule has 192 valence electrons. The van der Waals surface area contributed by atoms with Crippen LogP contribution in [0, 0.1) is 5.92 Å². The molecule has 0 rings (SSSR count). The van der Waals surface area contributed by atoms with Gasteiger partial charge in [-0.1, -0.05) is 122 Å². The summed E-state index contributed by atoms with van der Waals surface area (Å²) >= 11 is 0. The van der Waals surface area contributed by atoms with Crippen molar-refractivity contribution in [3.63, 3.8) is 0 Å². The van der Waals surface area contributed by atoms with Crippen LogP contribution in [0.1, 0.15) is 135 Å². The molecule has 0 aliphatic carbocycles. The minimum atomic E-state index is -0.949. The standard InChI is InChI=1S/C29H52O4/c1-3-5-6-7-8-9-10-11-12-13-14-15-16-17-18-19-20-21-22-23-24-27(26-28(30)31)29(32)33-25-4-2/h4,16-17,27H,2-3,5-15,18-26H2,1H3,(H,30,31)/b17-16+. The molecule has 0 aromatic rings. The summed E-state index contributed by atoms with van der Waals surface area (Å²) in [5.74, 6) is -1.91. The van der Waals surface area contributed by atoms with Crippen LogP contribution in [-0.4, -0.2) is 23.7 Å². The molecule has 0 aliphatic rings. The summed E-state index contributed by atoms with van der Waals surface area (Å²) in [6.07, 6.45) is 29.7. The van der Waals surface area contributed by atoms with E-state index in [4.69, 9.17) is 9.84 Å². The first-order valence-electron chi connectivity index (χ1n) is 13.8. The Hall–Kier alpha value is -1.58. The Balaban J connectivity index is 3.48. The number of carboxylic acids is 1. The maximum atomic E-state index is 11.9. The predicted molar refractivity (Wildman–Crippen MR) is 139 cm³/mol. The number of hydrogen-bond donors (Lipinski definition) is 1. The van der Waals surface area contributed by atoms with Crippen molar-refractivity contribution in [1.29, 1.82) is 0 Å². The number of unbranched alkanes of at least 4 members (excludes halogenated alkanes) is 16. The molecule has 1 N–H and O–H groups in total. The van der Waals surface area contributed by atoms with Crippen molar-refractivity contribution in [2.75, 3.05) is 6.61 Å². The highest BCUT2D eigenvalue weighted by Crippen LogP contribution is 2.17. The quantitative estimate of drug-likeness (QED) is 0.0832. The number of aliphatic carboxylic acids is 1. The SMILES string of the molecule is C=CCOC(=O)C(CCCCCCC/C=C/CCCCCCCCCCCCC)CC(=O)O. The van der Waals surface area contributed by atoms with Crippen LogP contribution in [0.5, 0.6) is 0 Å². The molecular formula is C29H52O4. The van der Waals surface area contributed by atoms with E-state index >= 15 is 0 Å². The zero-order chi connectivity index (χ0) is 24.4. The lowest BCUT2D eigenvalue weighted by atomic mass is 9.97. The van der Waals surface area contributed by atoms with Gasteiger partial charge in [0.2, 0.25) is 0 Å². The van der Waals surface area contributed by atoms with E-state index in [1.165, 1.54) is 96.0 Å². The number of rotatable bonds is 25. The smallest absolute Gasteiger partial charge is 0.309 e. The van der Waals surface area contributed by atoms with Crippen molar-refractivity contribution < 1.29 is 19.4 Å². The molecular weight excluding hydrogens is 412 g/mol. The van der Waals surface area contributed by atoms with Gasteiger partial charge in [0.05, 0.1) is 12.3 Å². The number of carboxylic acid groups (broad SMARTS) is 1. The largest absolute Gasteiger partial charge is 0.481 e. The van der Waals surface area contributed by atoms with Crippen molar-refractivity contribution >= 4 is 11.9 Å². The molecule has 33 heavy (non-hydrogen) atoms. The van der Waals surface area contributed by atoms with Crippen molar-refractivity contribution in [1.82, 2.24) is 0 Å². The Bertz CT molecular complexity index is 498. The van der Waals surface area contributed by atoms with E-state index < -0.39 is 17.9 Å². The summed E-state index contributed by atoms with van der Waals surface area (Å²) in [5, 5.41) is 8.99. The van der Waals surface area contributed by atoms with Crippen molar-refractivity contribution in [2.24, 2.45) is 5.92 Å². The highest BCUT2D eigenvalue weighted by Gasteiger charge is 2.22. The normalized spacial score (nSPS) is 12.2. The second kappa shape index (κ2) is 25.1. The zero-order valence-corrected chi connectivity index (χ0v) is 21.5. The minimum Gasteiger partial charge on any atom is -0.481 e. The van der Waals surface area contributed by atoms with E-state index in [9.17, 15) is 9.59 Å². The minimum absolute atomic E-state index is 0.141. The molecule has 0 radical (unpaired) electrons. The Morgan fingerprint density at radius 3 is 1.67 bits per heavy atom. The van der Waals surface area contributed by atoms with Gasteiger partial charge in [-0.25, -0.2) is 0 Å². The fraction of sp³-hybridized carbons (Fsp3) is 0.793. The highest BCUT2D eigenvalue weighted by molar-refractivity contribution is 5.79. The Morgan fingerprint density at radius 1 is 0.758 bits per heavy atom. The Labute approximate surface area is 204 Å². The van der Waals surface area contributed by atoms with Crippen molar-refractivity contribution in [3.8, 4) is 0 Å². The van der Waals surface area contributed by atoms with Gasteiger partial charge in [0, 0.05) is 0 Å². The molecule has 1 atom stereocenters. The van der Waals surface area contributed by atoms with Crippen LogP contribution in [0.25, 0.3) is 0 Å². The summed E-state index contributed by atoms with van der Waals surface area (Å²) in [7, 11) is 0. The van der Waals surface area contributed by atoms with Gasteiger partial charge in [-0.05, 0) is 32.1 Å². The summed E-state index contributed by atoms with van der Waals surface area (Å²) in [6.45, 7) is 5.93. The number of hydrogen-bond acceptors (Lipinski definition) is 3. The number of carbonyl (C=O) groups excluding carboxylic acids is 1. The molecule has 1 unspecified atom stereocenters. The van der Waals surface area contributed by atoms with Gasteiger partial charge < -0.3 is 9.84 Å². The molecule has 4 heteroatoms. The van der Waals surface area contributed by atoms with Gasteiger partial charge in [-0.3, -0.25) is 9.59 Å². The van der Waals surface area contributed by atoms with Gasteiger partial charge in [0.1, 0.15) is 6.61 Å². The third-order valence-electron chi connectivity index (χ3n) is 6.16. The number of ether oxygens (including phenoxy) is 1. The Morgan fingerprint density at radius 2 is 1.21 bits per heavy atom. The topological polar surface area (TPSA) is 63.6 Å². The second-order valence-corrected chi connectivity index (χ2v) is 9.35. The van der Waals surface area contributed by atoms with Crippen LogP contribution in [-0.2, 0) is 14.3 Å². The monoisotopic (exact) mass is 464 g/mol. The first kappa shape index (κ1) is 31.4. The van der Waals surface area contributed by atoms with Crippen LogP contribution < -0.4 is 0 Å². The van der Waals surface area contributed by atoms with Crippen LogP contribution in [0.3, 0.4) is 0 Å². The molecule has 0 heterocycles. The molecule has 0 amide bonds. The lowest BCUT2D eigenvalue weighted by molar-refractivity contribution is -0.152. The van der Waals surface area contributed by atoms with Crippen LogP contribution >= 0.6 is 0 Å². The van der Waals surface area contributed by atoms with Gasteiger partial charge in [0.15, 0.2) is 0 Å². The average molecular weight is 465 g/mol. The molecule has 0 bridgehead atoms. The van der Waals surface area contributed by atoms with E-state index in [0.717, 1.165) is 25.7 Å². The highest BCUT2D eigenvalue weighted by atomic mass is 16.5. The third-order valence-corrected chi connectivity index (χ3v) is 6.16. The number of esters is 1. The summed E-state index contributed by atoms with van der Waals surface area (Å²) in [4.78, 5) is 22.9. The third kappa shape index (κ3) is 23.4. The summed E-state index contributed by atoms with van der Waals surface area (Å²) < 4.78 is 5.02. The first-order valence-corrected chi connectivity index (χ1v) is 13.8. The van der Waals surface area contributed by atoms with E-state index in [-0.39, 0.29) is 13.0 Å². The Kier molecular flexibility index (Phi) is 23.9. The fourth-order valence-electron chi connectivity index (χ4n) is 4.12. The van der Waals surface area contributed by atoms with Gasteiger partial charge in [-0.2, -0.15) is 0 Å². The fourth-order valence-corrected chi connectivity index (χ4v) is 4.12. The van der Waals surface area contributed by atoms with Crippen LogP contribution in [0.2, 0.25) is 0 Å². The maximum absolute atomic E-state index is 11.9. The molecule has 4 nitrogen and oxygen atoms in total. The summed E-state index contributed by atoms with van der Waals surface area (Å²) in [6, 6.07) is 0. The first-order chi connectivity index (χ1) is 16.1.